The second kappa shape index (κ2) is 6.06. The predicted octanol–water partition coefficient (Wildman–Crippen LogP) is 2.19. The number of nitrogens with one attached hydrogen (secondary N) is 1. The van der Waals surface area contributed by atoms with Crippen LogP contribution in [0.1, 0.15) is 24.2 Å². The van der Waals surface area contributed by atoms with Crippen LogP contribution in [0.3, 0.4) is 0 Å². The molecule has 7 heteroatoms. The van der Waals surface area contributed by atoms with E-state index in [9.17, 15) is 0 Å². The minimum atomic E-state index is 0.356. The maximum atomic E-state index is 8.74. The molecule has 1 aliphatic rings. The van der Waals surface area contributed by atoms with Gasteiger partial charge in [-0.1, -0.05) is 0 Å². The molecule has 0 aliphatic carbocycles. The summed E-state index contributed by atoms with van der Waals surface area (Å²) in [6.07, 6.45) is 2.08. The summed E-state index contributed by atoms with van der Waals surface area (Å²) in [5.41, 5.74) is 1.42. The van der Waals surface area contributed by atoms with Crippen molar-refractivity contribution in [1.29, 1.82) is 5.26 Å². The van der Waals surface area contributed by atoms with Gasteiger partial charge in [-0.3, -0.25) is 0 Å². The van der Waals surface area contributed by atoms with Gasteiger partial charge in [0, 0.05) is 24.5 Å². The lowest BCUT2D eigenvalue weighted by Crippen LogP contribution is -2.39. The van der Waals surface area contributed by atoms with E-state index in [1.165, 1.54) is 0 Å². The molecule has 3 heterocycles. The van der Waals surface area contributed by atoms with Gasteiger partial charge in [0.15, 0.2) is 16.6 Å². The Morgan fingerprint density at radius 1 is 1.33 bits per heavy atom. The van der Waals surface area contributed by atoms with Crippen molar-refractivity contribution in [1.82, 2.24) is 15.2 Å². The van der Waals surface area contributed by atoms with Crippen LogP contribution in [0.15, 0.2) is 17.5 Å². The van der Waals surface area contributed by atoms with Crippen LogP contribution < -0.4 is 10.2 Å². The number of anilines is 2. The quantitative estimate of drug-likeness (QED) is 0.936. The molecule has 0 unspecified atom stereocenters. The molecule has 21 heavy (non-hydrogen) atoms. The number of nitrogens with zero attached hydrogens (tertiary/aromatic N) is 5. The number of rotatable bonds is 3. The monoisotopic (exact) mass is 300 g/mol. The van der Waals surface area contributed by atoms with Crippen molar-refractivity contribution in [3.8, 4) is 6.07 Å². The highest BCUT2D eigenvalue weighted by atomic mass is 32.1. The molecule has 0 aromatic carbocycles. The predicted molar refractivity (Wildman–Crippen MR) is 82.5 cm³/mol. The topological polar surface area (TPSA) is 77.7 Å². The molecule has 3 rings (SSSR count). The van der Waals surface area contributed by atoms with Crippen LogP contribution in [-0.2, 0) is 0 Å². The average Bonchev–Trinajstić information content (AvgIpc) is 2.93. The molecule has 1 saturated heterocycles. The first-order valence-electron chi connectivity index (χ1n) is 6.92. The van der Waals surface area contributed by atoms with Crippen LogP contribution >= 0.6 is 11.3 Å². The van der Waals surface area contributed by atoms with E-state index in [4.69, 9.17) is 5.26 Å². The van der Waals surface area contributed by atoms with Crippen molar-refractivity contribution in [3.63, 3.8) is 0 Å². The van der Waals surface area contributed by atoms with Crippen molar-refractivity contribution >= 4 is 22.3 Å². The van der Waals surface area contributed by atoms with Gasteiger partial charge in [-0.05, 0) is 31.9 Å². The summed E-state index contributed by atoms with van der Waals surface area (Å²) >= 11 is 1.66. The van der Waals surface area contributed by atoms with Crippen molar-refractivity contribution < 1.29 is 0 Å². The highest BCUT2D eigenvalue weighted by Crippen LogP contribution is 2.22. The molecule has 108 valence electrons. The van der Waals surface area contributed by atoms with Crippen LogP contribution in [0.4, 0.5) is 10.9 Å². The number of piperidine rings is 1. The minimum Gasteiger partial charge on any atom is -0.359 e. The molecular weight excluding hydrogens is 284 g/mol. The molecule has 2 aromatic heterocycles. The largest absolute Gasteiger partial charge is 0.359 e. The molecule has 1 aliphatic heterocycles. The molecule has 1 fully saturated rings. The Hall–Kier alpha value is -2.20. The van der Waals surface area contributed by atoms with E-state index in [1.807, 2.05) is 19.1 Å². The third-order valence-electron chi connectivity index (χ3n) is 3.53. The zero-order chi connectivity index (χ0) is 14.7. The molecular formula is C14H16N6S. The number of hydrogen-bond acceptors (Lipinski definition) is 7. The van der Waals surface area contributed by atoms with Crippen molar-refractivity contribution in [2.75, 3.05) is 23.3 Å². The second-order valence-corrected chi connectivity index (χ2v) is 5.95. The Kier molecular flexibility index (Phi) is 3.97. The molecule has 0 atom stereocenters. The number of nitriles is 1. The number of aromatic nitrogens is 3. The summed E-state index contributed by atoms with van der Waals surface area (Å²) in [6.45, 7) is 3.87. The third-order valence-corrected chi connectivity index (χ3v) is 4.42. The molecule has 0 saturated carbocycles. The van der Waals surface area contributed by atoms with E-state index in [-0.39, 0.29) is 0 Å². The molecule has 0 spiro atoms. The van der Waals surface area contributed by atoms with Crippen LogP contribution in [0.2, 0.25) is 0 Å². The average molecular weight is 300 g/mol. The van der Waals surface area contributed by atoms with E-state index >= 15 is 0 Å². The van der Waals surface area contributed by atoms with Crippen molar-refractivity contribution in [3.05, 3.63) is 28.9 Å². The number of thiazole rings is 1. The lowest BCUT2D eigenvalue weighted by Gasteiger charge is -2.32. The second-order valence-electron chi connectivity index (χ2n) is 5.09. The Labute approximate surface area is 127 Å². The Bertz CT molecular complexity index is 636. The molecule has 6 nitrogen and oxygen atoms in total. The van der Waals surface area contributed by atoms with Crippen molar-refractivity contribution in [2.24, 2.45) is 0 Å². The highest BCUT2D eigenvalue weighted by Gasteiger charge is 2.21. The molecule has 0 radical (unpaired) electrons. The first-order valence-corrected chi connectivity index (χ1v) is 7.80. The van der Waals surface area contributed by atoms with Gasteiger partial charge in [-0.15, -0.1) is 21.5 Å². The standard InChI is InChI=1S/C14H16N6S/c1-10-9-21-14(16-10)17-11-4-6-20(7-5-11)13-3-2-12(8-15)18-19-13/h2-3,9,11H,4-7H2,1H3,(H,16,17). The van der Waals surface area contributed by atoms with Gasteiger partial charge in [0.1, 0.15) is 6.07 Å². The fourth-order valence-corrected chi connectivity index (χ4v) is 3.17. The number of hydrogen-bond donors (Lipinski definition) is 1. The van der Waals surface area contributed by atoms with E-state index in [2.05, 4.69) is 30.8 Å². The molecule has 0 bridgehead atoms. The van der Waals surface area contributed by atoms with Crippen LogP contribution in [0.5, 0.6) is 0 Å². The number of aryl methyl sites for hydroxylation is 1. The lowest BCUT2D eigenvalue weighted by atomic mass is 10.1. The van der Waals surface area contributed by atoms with Gasteiger partial charge < -0.3 is 10.2 Å². The van der Waals surface area contributed by atoms with E-state index in [0.29, 0.717) is 11.7 Å². The zero-order valence-electron chi connectivity index (χ0n) is 11.8. The lowest BCUT2D eigenvalue weighted by molar-refractivity contribution is 0.522. The SMILES string of the molecule is Cc1csc(NC2CCN(c3ccc(C#N)nn3)CC2)n1. The van der Waals surface area contributed by atoms with Gasteiger partial charge in [-0.25, -0.2) is 4.98 Å². The maximum Gasteiger partial charge on any atom is 0.183 e. The smallest absolute Gasteiger partial charge is 0.183 e. The van der Waals surface area contributed by atoms with Gasteiger partial charge in [0.2, 0.25) is 0 Å². The zero-order valence-corrected chi connectivity index (χ0v) is 12.6. The van der Waals surface area contributed by atoms with Crippen molar-refractivity contribution in [2.45, 2.75) is 25.8 Å². The third kappa shape index (κ3) is 3.28. The summed E-state index contributed by atoms with van der Waals surface area (Å²) in [6, 6.07) is 6.02. The van der Waals surface area contributed by atoms with Crippen LogP contribution in [-0.4, -0.2) is 34.3 Å². The first kappa shape index (κ1) is 13.8. The fraction of sp³-hybridized carbons (Fsp3) is 0.429. The normalized spacial score (nSPS) is 15.7. The van der Waals surface area contributed by atoms with Crippen LogP contribution in [0.25, 0.3) is 0 Å². The van der Waals surface area contributed by atoms with Gasteiger partial charge in [0.05, 0.1) is 5.69 Å². The maximum absolute atomic E-state index is 8.74. The van der Waals surface area contributed by atoms with E-state index < -0.39 is 0 Å². The molecule has 0 amide bonds. The van der Waals surface area contributed by atoms with Gasteiger partial charge in [0.25, 0.3) is 0 Å². The summed E-state index contributed by atoms with van der Waals surface area (Å²) in [4.78, 5) is 6.65. The summed E-state index contributed by atoms with van der Waals surface area (Å²) in [5.74, 6) is 0.845. The van der Waals surface area contributed by atoms with E-state index in [0.717, 1.165) is 42.6 Å². The Morgan fingerprint density at radius 2 is 2.14 bits per heavy atom. The fourth-order valence-electron chi connectivity index (χ4n) is 2.40. The Balaban J connectivity index is 1.56. The Morgan fingerprint density at radius 3 is 2.71 bits per heavy atom. The van der Waals surface area contributed by atoms with Crippen LogP contribution in [0, 0.1) is 18.3 Å². The van der Waals surface area contributed by atoms with Gasteiger partial charge >= 0.3 is 0 Å². The summed E-state index contributed by atoms with van der Waals surface area (Å²) < 4.78 is 0. The highest BCUT2D eigenvalue weighted by molar-refractivity contribution is 7.13. The minimum absolute atomic E-state index is 0.356. The summed E-state index contributed by atoms with van der Waals surface area (Å²) in [7, 11) is 0. The summed E-state index contributed by atoms with van der Waals surface area (Å²) in [5, 5.41) is 23.3. The van der Waals surface area contributed by atoms with E-state index in [1.54, 1.807) is 17.4 Å². The molecule has 1 N–H and O–H groups in total. The first-order chi connectivity index (χ1) is 10.2. The molecule has 2 aromatic rings. The van der Waals surface area contributed by atoms with Gasteiger partial charge in [-0.2, -0.15) is 5.26 Å².